The second-order valence-corrected chi connectivity index (χ2v) is 10.1. The van der Waals surface area contributed by atoms with E-state index in [9.17, 15) is 14.0 Å². The van der Waals surface area contributed by atoms with Gasteiger partial charge in [0.15, 0.2) is 0 Å². The molecule has 1 heterocycles. The van der Waals surface area contributed by atoms with Crippen molar-refractivity contribution in [3.05, 3.63) is 75.9 Å². The van der Waals surface area contributed by atoms with E-state index in [-0.39, 0.29) is 23.7 Å². The van der Waals surface area contributed by atoms with Crippen LogP contribution in [0.25, 0.3) is 6.08 Å². The minimum Gasteiger partial charge on any atom is -0.352 e. The lowest BCUT2D eigenvalue weighted by Crippen LogP contribution is -2.50. The van der Waals surface area contributed by atoms with E-state index < -0.39 is 0 Å². The largest absolute Gasteiger partial charge is 0.352 e. The third-order valence-corrected chi connectivity index (χ3v) is 7.80. The Morgan fingerprint density at radius 2 is 1.91 bits per heavy atom. The van der Waals surface area contributed by atoms with Crippen LogP contribution in [0.2, 0.25) is 0 Å². The molecule has 4 rings (SSSR count). The highest BCUT2D eigenvalue weighted by Crippen LogP contribution is 2.42. The van der Waals surface area contributed by atoms with Crippen molar-refractivity contribution in [2.45, 2.75) is 63.3 Å². The topological polar surface area (TPSA) is 49.4 Å². The first kappa shape index (κ1) is 23.6. The molecule has 2 aromatic carbocycles. The zero-order valence-corrected chi connectivity index (χ0v) is 19.9. The third-order valence-electron chi connectivity index (χ3n) is 6.40. The van der Waals surface area contributed by atoms with Crippen LogP contribution < -0.4 is 5.32 Å². The van der Waals surface area contributed by atoms with Crippen LogP contribution in [-0.2, 0) is 11.3 Å². The molecular weight excluding hydrogens is 435 g/mol. The summed E-state index contributed by atoms with van der Waals surface area (Å²) in [5.41, 5.74) is 2.06. The van der Waals surface area contributed by atoms with Gasteiger partial charge in [-0.15, -0.1) is 11.8 Å². The molecule has 2 fully saturated rings. The van der Waals surface area contributed by atoms with Crippen molar-refractivity contribution < 1.29 is 14.0 Å². The van der Waals surface area contributed by atoms with E-state index in [2.05, 4.69) is 12.2 Å². The normalized spacial score (nSPS) is 21.7. The minimum absolute atomic E-state index is 0.0345. The van der Waals surface area contributed by atoms with Gasteiger partial charge < -0.3 is 10.2 Å². The van der Waals surface area contributed by atoms with Crippen LogP contribution in [-0.4, -0.2) is 34.6 Å². The van der Waals surface area contributed by atoms with Crippen molar-refractivity contribution >= 4 is 29.7 Å². The molecule has 1 aliphatic carbocycles. The Balaban J connectivity index is 1.53. The van der Waals surface area contributed by atoms with E-state index in [0.29, 0.717) is 34.4 Å². The number of nitrogens with one attached hydrogen (secondary N) is 1. The number of hydrogen-bond acceptors (Lipinski definition) is 3. The zero-order valence-electron chi connectivity index (χ0n) is 19.1. The molecule has 2 unspecified atom stereocenters. The molecule has 6 heteroatoms. The summed E-state index contributed by atoms with van der Waals surface area (Å²) in [4.78, 5) is 28.3. The Labute approximate surface area is 199 Å². The first-order valence-corrected chi connectivity index (χ1v) is 12.8. The van der Waals surface area contributed by atoms with Gasteiger partial charge in [0.2, 0.25) is 0 Å². The molecule has 0 bridgehead atoms. The molecule has 4 nitrogen and oxygen atoms in total. The van der Waals surface area contributed by atoms with Crippen LogP contribution in [0.5, 0.6) is 0 Å². The van der Waals surface area contributed by atoms with Gasteiger partial charge in [0.25, 0.3) is 11.8 Å². The number of carbonyl (C=O) groups excluding carboxylic acids is 2. The van der Waals surface area contributed by atoms with Crippen molar-refractivity contribution in [3.8, 4) is 0 Å². The van der Waals surface area contributed by atoms with Crippen LogP contribution in [0.15, 0.2) is 53.4 Å². The molecule has 0 aromatic heterocycles. The molecule has 33 heavy (non-hydrogen) atoms. The predicted octanol–water partition coefficient (Wildman–Crippen LogP) is 5.78. The highest BCUT2D eigenvalue weighted by atomic mass is 32.2. The van der Waals surface area contributed by atoms with Gasteiger partial charge in [0.05, 0.1) is 4.91 Å². The number of amides is 2. The minimum atomic E-state index is -0.269. The average Bonchev–Trinajstić information content (AvgIpc) is 2.83. The van der Waals surface area contributed by atoms with Crippen LogP contribution >= 0.6 is 11.8 Å². The molecule has 1 N–H and O–H groups in total. The van der Waals surface area contributed by atoms with E-state index in [1.54, 1.807) is 36.0 Å². The third kappa shape index (κ3) is 5.67. The molecule has 1 saturated heterocycles. The summed E-state index contributed by atoms with van der Waals surface area (Å²) >= 11 is 1.66. The van der Waals surface area contributed by atoms with Gasteiger partial charge >= 0.3 is 0 Å². The standard InChI is InChI=1S/C27H31FN2O2S/c1-2-3-16-29-26(31)20-14-12-19(13-15-20)17-25-27(32)30(18-21-8-4-5-9-22(21)28)23-10-6-7-11-24(23)33-25/h4-5,8-9,12-15,17,23-24H,2-3,6-7,10-11,16,18H2,1H3,(H,29,31)/b25-17-. The fraction of sp³-hybridized carbons (Fsp3) is 0.407. The van der Waals surface area contributed by atoms with Crippen LogP contribution in [0.3, 0.4) is 0 Å². The van der Waals surface area contributed by atoms with Gasteiger partial charge in [0, 0.05) is 35.5 Å². The Morgan fingerprint density at radius 3 is 2.67 bits per heavy atom. The van der Waals surface area contributed by atoms with Crippen molar-refractivity contribution in [1.82, 2.24) is 10.2 Å². The number of nitrogens with zero attached hydrogens (tertiary/aromatic N) is 1. The molecule has 2 atom stereocenters. The second kappa shape index (κ2) is 11.0. The first-order valence-electron chi connectivity index (χ1n) is 11.9. The summed E-state index contributed by atoms with van der Waals surface area (Å²) in [6, 6.07) is 14.2. The summed E-state index contributed by atoms with van der Waals surface area (Å²) in [6.07, 6.45) is 8.19. The number of benzene rings is 2. The van der Waals surface area contributed by atoms with E-state index in [4.69, 9.17) is 0 Å². The molecule has 1 saturated carbocycles. The van der Waals surface area contributed by atoms with Crippen molar-refractivity contribution in [2.24, 2.45) is 0 Å². The molecular formula is C27H31FN2O2S. The molecule has 0 radical (unpaired) electrons. The predicted molar refractivity (Wildman–Crippen MR) is 132 cm³/mol. The van der Waals surface area contributed by atoms with Gasteiger partial charge in [-0.05, 0) is 49.1 Å². The Kier molecular flexibility index (Phi) is 7.86. The maximum Gasteiger partial charge on any atom is 0.260 e. The SMILES string of the molecule is CCCCNC(=O)c1ccc(/C=C2\SC3CCCCC3N(Cc3ccccc3F)C2=O)cc1. The summed E-state index contributed by atoms with van der Waals surface area (Å²) in [5.74, 6) is -0.381. The highest BCUT2D eigenvalue weighted by Gasteiger charge is 2.40. The van der Waals surface area contributed by atoms with E-state index in [1.807, 2.05) is 29.2 Å². The quantitative estimate of drug-likeness (QED) is 0.415. The Hall–Kier alpha value is -2.60. The Bertz CT molecular complexity index is 1020. The highest BCUT2D eigenvalue weighted by molar-refractivity contribution is 8.04. The fourth-order valence-electron chi connectivity index (χ4n) is 4.53. The lowest BCUT2D eigenvalue weighted by atomic mass is 9.92. The molecule has 1 aliphatic heterocycles. The number of rotatable bonds is 7. The summed E-state index contributed by atoms with van der Waals surface area (Å²) < 4.78 is 14.4. The van der Waals surface area contributed by atoms with Gasteiger partial charge in [-0.3, -0.25) is 9.59 Å². The number of thioether (sulfide) groups is 1. The lowest BCUT2D eigenvalue weighted by molar-refractivity contribution is -0.130. The smallest absolute Gasteiger partial charge is 0.260 e. The molecule has 2 aromatic rings. The average molecular weight is 467 g/mol. The van der Waals surface area contributed by atoms with Gasteiger partial charge in [-0.25, -0.2) is 4.39 Å². The van der Waals surface area contributed by atoms with Gasteiger partial charge in [-0.1, -0.05) is 56.5 Å². The van der Waals surface area contributed by atoms with E-state index in [0.717, 1.165) is 44.1 Å². The maximum atomic E-state index is 14.4. The van der Waals surface area contributed by atoms with Crippen molar-refractivity contribution in [3.63, 3.8) is 0 Å². The molecule has 0 spiro atoms. The molecule has 2 aliphatic rings. The van der Waals surface area contributed by atoms with Gasteiger partial charge in [-0.2, -0.15) is 0 Å². The maximum absolute atomic E-state index is 14.4. The van der Waals surface area contributed by atoms with Gasteiger partial charge in [0.1, 0.15) is 5.82 Å². The summed E-state index contributed by atoms with van der Waals surface area (Å²) in [6.45, 7) is 3.06. The van der Waals surface area contributed by atoms with E-state index in [1.165, 1.54) is 6.07 Å². The number of hydrogen-bond donors (Lipinski definition) is 1. The molecule has 2 amide bonds. The summed E-state index contributed by atoms with van der Waals surface area (Å²) in [5, 5.41) is 3.25. The van der Waals surface area contributed by atoms with Crippen molar-refractivity contribution in [1.29, 1.82) is 0 Å². The van der Waals surface area contributed by atoms with Crippen LogP contribution in [0, 0.1) is 5.82 Å². The number of halogens is 1. The second-order valence-electron chi connectivity index (χ2n) is 8.77. The fourth-order valence-corrected chi connectivity index (χ4v) is 6.01. The van der Waals surface area contributed by atoms with Crippen LogP contribution in [0.1, 0.15) is 66.9 Å². The lowest BCUT2D eigenvalue weighted by Gasteiger charge is -2.44. The monoisotopic (exact) mass is 466 g/mol. The summed E-state index contributed by atoms with van der Waals surface area (Å²) in [7, 11) is 0. The van der Waals surface area contributed by atoms with E-state index >= 15 is 0 Å². The van der Waals surface area contributed by atoms with Crippen molar-refractivity contribution in [2.75, 3.05) is 6.54 Å². The Morgan fingerprint density at radius 1 is 1.15 bits per heavy atom. The van der Waals surface area contributed by atoms with Crippen LogP contribution in [0.4, 0.5) is 4.39 Å². The number of unbranched alkanes of at least 4 members (excludes halogenated alkanes) is 1. The number of fused-ring (bicyclic) bond motifs is 1. The molecule has 174 valence electrons. The first-order chi connectivity index (χ1) is 16.1. The number of carbonyl (C=O) groups is 2. The zero-order chi connectivity index (χ0) is 23.2.